The molecule has 0 aromatic heterocycles. The lowest BCUT2D eigenvalue weighted by molar-refractivity contribution is -0.144. The van der Waals surface area contributed by atoms with Crippen molar-refractivity contribution in [2.75, 3.05) is 26.2 Å². The van der Waals surface area contributed by atoms with Crippen LogP contribution in [0.15, 0.2) is 0 Å². The van der Waals surface area contributed by atoms with Crippen molar-refractivity contribution in [3.63, 3.8) is 0 Å². The van der Waals surface area contributed by atoms with Gasteiger partial charge in [-0.3, -0.25) is 19.4 Å². The van der Waals surface area contributed by atoms with Gasteiger partial charge in [0.2, 0.25) is 5.91 Å². The number of nitrogens with zero attached hydrogens (tertiary/aromatic N) is 2. The zero-order chi connectivity index (χ0) is 15.3. The van der Waals surface area contributed by atoms with Gasteiger partial charge in [0.1, 0.15) is 6.04 Å². The third-order valence-electron chi connectivity index (χ3n) is 4.18. The van der Waals surface area contributed by atoms with Crippen LogP contribution in [-0.2, 0) is 9.59 Å². The van der Waals surface area contributed by atoms with Gasteiger partial charge in [-0.15, -0.1) is 0 Å². The third kappa shape index (κ3) is 4.45. The van der Waals surface area contributed by atoms with Gasteiger partial charge in [-0.1, -0.05) is 6.92 Å². The summed E-state index contributed by atoms with van der Waals surface area (Å²) in [7, 11) is 0. The van der Waals surface area contributed by atoms with E-state index in [-0.39, 0.29) is 18.0 Å². The molecule has 0 radical (unpaired) electrons. The minimum Gasteiger partial charge on any atom is -0.480 e. The van der Waals surface area contributed by atoms with E-state index in [0.717, 1.165) is 19.5 Å². The Bertz CT molecular complexity index is 341. The average molecular weight is 285 g/mol. The van der Waals surface area contributed by atoms with Crippen molar-refractivity contribution in [3.8, 4) is 0 Å². The van der Waals surface area contributed by atoms with E-state index >= 15 is 0 Å². The Hall–Kier alpha value is -1.14. The zero-order valence-corrected chi connectivity index (χ0v) is 12.9. The molecule has 6 nitrogen and oxygen atoms in total. The first kappa shape index (κ1) is 16.9. The Morgan fingerprint density at radius 2 is 1.50 bits per heavy atom. The van der Waals surface area contributed by atoms with Gasteiger partial charge in [-0.25, -0.2) is 0 Å². The Morgan fingerprint density at radius 3 is 1.90 bits per heavy atom. The van der Waals surface area contributed by atoms with E-state index in [2.05, 4.69) is 10.2 Å². The summed E-state index contributed by atoms with van der Waals surface area (Å²) in [4.78, 5) is 27.1. The molecular weight excluding hydrogens is 258 g/mol. The smallest absolute Gasteiger partial charge is 0.320 e. The predicted molar refractivity (Wildman–Crippen MR) is 77.6 cm³/mol. The van der Waals surface area contributed by atoms with Crippen LogP contribution in [0.1, 0.15) is 34.1 Å². The minimum absolute atomic E-state index is 0.0547. The number of carboxylic acids is 1. The molecule has 0 aromatic rings. The number of carbonyl (C=O) groups is 2. The number of piperazine rings is 1. The summed E-state index contributed by atoms with van der Waals surface area (Å²) >= 11 is 0. The van der Waals surface area contributed by atoms with E-state index in [1.54, 1.807) is 6.92 Å². The van der Waals surface area contributed by atoms with Crippen LogP contribution in [0.2, 0.25) is 0 Å². The maximum absolute atomic E-state index is 12.1. The quantitative estimate of drug-likeness (QED) is 0.738. The zero-order valence-electron chi connectivity index (χ0n) is 12.9. The normalized spacial score (nSPS) is 22.0. The van der Waals surface area contributed by atoms with Gasteiger partial charge in [0.05, 0.1) is 6.04 Å². The Kier molecular flexibility index (Phi) is 6.42. The number of hydrogen-bond acceptors (Lipinski definition) is 4. The average Bonchev–Trinajstić information content (AvgIpc) is 2.45. The monoisotopic (exact) mass is 285 g/mol. The van der Waals surface area contributed by atoms with E-state index in [0.29, 0.717) is 13.1 Å². The van der Waals surface area contributed by atoms with Crippen LogP contribution in [-0.4, -0.2) is 71.1 Å². The predicted octanol–water partition coefficient (Wildman–Crippen LogP) is 0.380. The number of amides is 1. The van der Waals surface area contributed by atoms with Crippen LogP contribution in [0.5, 0.6) is 0 Å². The SMILES string of the molecule is CCC(C)NC(=O)C(C)N1CCN(C(C)C(=O)O)CC1. The second-order valence-corrected chi connectivity index (χ2v) is 5.58. The lowest BCUT2D eigenvalue weighted by Crippen LogP contribution is -2.57. The maximum atomic E-state index is 12.1. The van der Waals surface area contributed by atoms with Gasteiger partial charge in [-0.2, -0.15) is 0 Å². The second-order valence-electron chi connectivity index (χ2n) is 5.58. The molecule has 1 amide bonds. The van der Waals surface area contributed by atoms with Crippen LogP contribution in [0.3, 0.4) is 0 Å². The fraction of sp³-hybridized carbons (Fsp3) is 0.857. The summed E-state index contributed by atoms with van der Waals surface area (Å²) < 4.78 is 0. The van der Waals surface area contributed by atoms with E-state index in [1.165, 1.54) is 0 Å². The van der Waals surface area contributed by atoms with E-state index in [1.807, 2.05) is 25.7 Å². The standard InChI is InChI=1S/C14H27N3O3/c1-5-10(2)15-13(18)11(3)16-6-8-17(9-7-16)12(4)14(19)20/h10-12H,5-9H2,1-4H3,(H,15,18)(H,19,20). The largest absolute Gasteiger partial charge is 0.480 e. The summed E-state index contributed by atoms with van der Waals surface area (Å²) in [5.41, 5.74) is 0. The molecular formula is C14H27N3O3. The highest BCUT2D eigenvalue weighted by atomic mass is 16.4. The van der Waals surface area contributed by atoms with Gasteiger partial charge in [-0.05, 0) is 27.2 Å². The van der Waals surface area contributed by atoms with Crippen molar-refractivity contribution in [2.45, 2.75) is 52.2 Å². The van der Waals surface area contributed by atoms with Crippen molar-refractivity contribution < 1.29 is 14.7 Å². The summed E-state index contributed by atoms with van der Waals surface area (Å²) in [6.07, 6.45) is 0.919. The molecule has 3 unspecified atom stereocenters. The number of carboxylic acid groups (broad SMARTS) is 1. The molecule has 1 fully saturated rings. The van der Waals surface area contributed by atoms with Gasteiger partial charge < -0.3 is 10.4 Å². The summed E-state index contributed by atoms with van der Waals surface area (Å²) in [5.74, 6) is -0.736. The van der Waals surface area contributed by atoms with Crippen LogP contribution in [0.4, 0.5) is 0 Å². The first-order chi connectivity index (χ1) is 9.36. The van der Waals surface area contributed by atoms with Crippen LogP contribution in [0, 0.1) is 0 Å². The number of carbonyl (C=O) groups excluding carboxylic acids is 1. The molecule has 116 valence electrons. The molecule has 0 aromatic carbocycles. The van der Waals surface area contributed by atoms with Gasteiger partial charge in [0.25, 0.3) is 0 Å². The number of aliphatic carboxylic acids is 1. The molecule has 0 saturated carbocycles. The highest BCUT2D eigenvalue weighted by molar-refractivity contribution is 5.81. The van der Waals surface area contributed by atoms with Crippen molar-refractivity contribution in [3.05, 3.63) is 0 Å². The highest BCUT2D eigenvalue weighted by Gasteiger charge is 2.29. The van der Waals surface area contributed by atoms with Gasteiger partial charge >= 0.3 is 5.97 Å². The number of hydrogen-bond donors (Lipinski definition) is 2. The molecule has 2 N–H and O–H groups in total. The lowest BCUT2D eigenvalue weighted by Gasteiger charge is -2.39. The maximum Gasteiger partial charge on any atom is 0.320 e. The van der Waals surface area contributed by atoms with Crippen molar-refractivity contribution >= 4 is 11.9 Å². The molecule has 0 spiro atoms. The van der Waals surface area contributed by atoms with Gasteiger partial charge in [0, 0.05) is 32.2 Å². The second kappa shape index (κ2) is 7.59. The van der Waals surface area contributed by atoms with Crippen molar-refractivity contribution in [1.82, 2.24) is 15.1 Å². The fourth-order valence-corrected chi connectivity index (χ4v) is 2.30. The molecule has 1 saturated heterocycles. The molecule has 1 rings (SSSR count). The van der Waals surface area contributed by atoms with Crippen molar-refractivity contribution in [1.29, 1.82) is 0 Å². The van der Waals surface area contributed by atoms with E-state index in [9.17, 15) is 9.59 Å². The lowest BCUT2D eigenvalue weighted by atomic mass is 10.1. The number of nitrogens with one attached hydrogen (secondary N) is 1. The van der Waals surface area contributed by atoms with Gasteiger partial charge in [0.15, 0.2) is 0 Å². The molecule has 1 heterocycles. The molecule has 1 aliphatic rings. The van der Waals surface area contributed by atoms with Crippen molar-refractivity contribution in [2.24, 2.45) is 0 Å². The highest BCUT2D eigenvalue weighted by Crippen LogP contribution is 2.10. The third-order valence-corrected chi connectivity index (χ3v) is 4.18. The van der Waals surface area contributed by atoms with Crippen LogP contribution < -0.4 is 5.32 Å². The van der Waals surface area contributed by atoms with Crippen LogP contribution in [0.25, 0.3) is 0 Å². The van der Waals surface area contributed by atoms with Crippen LogP contribution >= 0.6 is 0 Å². The Labute approximate surface area is 121 Å². The Morgan fingerprint density at radius 1 is 1.05 bits per heavy atom. The number of rotatable bonds is 6. The molecule has 6 heteroatoms. The fourth-order valence-electron chi connectivity index (χ4n) is 2.30. The minimum atomic E-state index is -0.791. The van der Waals surface area contributed by atoms with E-state index < -0.39 is 12.0 Å². The first-order valence-corrected chi connectivity index (χ1v) is 7.38. The Balaban J connectivity index is 2.44. The topological polar surface area (TPSA) is 72.9 Å². The molecule has 0 bridgehead atoms. The molecule has 1 aliphatic heterocycles. The molecule has 3 atom stereocenters. The first-order valence-electron chi connectivity index (χ1n) is 7.38. The summed E-state index contributed by atoms with van der Waals surface area (Å²) in [6.45, 7) is 10.5. The molecule has 0 aliphatic carbocycles. The molecule has 20 heavy (non-hydrogen) atoms. The summed E-state index contributed by atoms with van der Waals surface area (Å²) in [5, 5.41) is 12.0. The van der Waals surface area contributed by atoms with E-state index in [4.69, 9.17) is 5.11 Å². The summed E-state index contributed by atoms with van der Waals surface area (Å²) in [6, 6.07) is -0.425.